The van der Waals surface area contributed by atoms with E-state index in [1.165, 1.54) is 24.1 Å². The summed E-state index contributed by atoms with van der Waals surface area (Å²) in [4.78, 5) is 36.2. The van der Waals surface area contributed by atoms with E-state index in [2.05, 4.69) is 5.32 Å². The molecule has 1 aliphatic rings. The highest BCUT2D eigenvalue weighted by Crippen LogP contribution is 2.30. The van der Waals surface area contributed by atoms with Crippen LogP contribution in [0.3, 0.4) is 0 Å². The molecule has 2 rings (SSSR count). The molecule has 6 nitrogen and oxygen atoms in total. The topological polar surface area (TPSA) is 75.7 Å². The van der Waals surface area contributed by atoms with Crippen molar-refractivity contribution < 1.29 is 32.3 Å². The van der Waals surface area contributed by atoms with Gasteiger partial charge in [-0.05, 0) is 17.7 Å². The molecule has 1 aromatic carbocycles. The van der Waals surface area contributed by atoms with Crippen molar-refractivity contribution in [3.63, 3.8) is 0 Å². The van der Waals surface area contributed by atoms with Gasteiger partial charge in [0.2, 0.25) is 5.91 Å². The third kappa shape index (κ3) is 4.94. The molecular weight excluding hydrogens is 341 g/mol. The summed E-state index contributed by atoms with van der Waals surface area (Å²) in [5.74, 6) is -2.23. The molecule has 1 unspecified atom stereocenters. The molecule has 1 fully saturated rings. The van der Waals surface area contributed by atoms with Gasteiger partial charge in [0.25, 0.3) is 5.91 Å². The Hall–Kier alpha value is -2.58. The molecule has 2 amide bonds. The lowest BCUT2D eigenvalue weighted by atomic mass is 10.1. The van der Waals surface area contributed by atoms with Crippen LogP contribution >= 0.6 is 0 Å². The summed E-state index contributed by atoms with van der Waals surface area (Å²) in [7, 11) is 1.39. The Morgan fingerprint density at radius 3 is 2.72 bits per heavy atom. The van der Waals surface area contributed by atoms with Crippen LogP contribution in [-0.4, -0.2) is 42.9 Å². The molecule has 1 N–H and O–H groups in total. The summed E-state index contributed by atoms with van der Waals surface area (Å²) in [5, 5.41) is 2.29. The van der Waals surface area contributed by atoms with Gasteiger partial charge in [0.05, 0.1) is 11.5 Å². The third-order valence-electron chi connectivity index (χ3n) is 3.80. The van der Waals surface area contributed by atoms with Gasteiger partial charge in [-0.15, -0.1) is 0 Å². The van der Waals surface area contributed by atoms with Crippen molar-refractivity contribution in [2.45, 2.75) is 19.1 Å². The van der Waals surface area contributed by atoms with Gasteiger partial charge in [0.1, 0.15) is 0 Å². The maximum atomic E-state index is 12.7. The van der Waals surface area contributed by atoms with Gasteiger partial charge in [0, 0.05) is 26.6 Å². The summed E-state index contributed by atoms with van der Waals surface area (Å²) in [5.41, 5.74) is -0.472. The Bertz CT molecular complexity index is 676. The van der Waals surface area contributed by atoms with Gasteiger partial charge < -0.3 is 15.0 Å². The molecule has 0 spiro atoms. The highest BCUT2D eigenvalue weighted by Gasteiger charge is 2.36. The number of ether oxygens (including phenoxy) is 1. The van der Waals surface area contributed by atoms with Crippen LogP contribution < -0.4 is 5.32 Å². The van der Waals surface area contributed by atoms with E-state index in [1.807, 2.05) is 0 Å². The number of hydrogen-bond donors (Lipinski definition) is 1. The second kappa shape index (κ2) is 7.54. The molecular formula is C16H17F3N2O4. The number of alkyl halides is 3. The lowest BCUT2D eigenvalue weighted by Crippen LogP contribution is -2.29. The van der Waals surface area contributed by atoms with Crippen molar-refractivity contribution in [3.8, 4) is 0 Å². The highest BCUT2D eigenvalue weighted by molar-refractivity contribution is 5.88. The Morgan fingerprint density at radius 2 is 2.08 bits per heavy atom. The number of hydrogen-bond acceptors (Lipinski definition) is 4. The number of halogens is 3. The van der Waals surface area contributed by atoms with Gasteiger partial charge in [-0.2, -0.15) is 13.2 Å². The molecule has 9 heteroatoms. The first-order valence-corrected chi connectivity index (χ1v) is 7.52. The summed E-state index contributed by atoms with van der Waals surface area (Å²) in [6.07, 6.45) is -4.55. The van der Waals surface area contributed by atoms with Crippen molar-refractivity contribution in [1.29, 1.82) is 0 Å². The average molecular weight is 358 g/mol. The SMILES string of the molecule is CNC(=O)COC(=O)C1CC(=O)N(Cc2cccc(C(F)(F)F)c2)C1. The Morgan fingerprint density at radius 1 is 1.36 bits per heavy atom. The minimum absolute atomic E-state index is 0.0258. The van der Waals surface area contributed by atoms with E-state index in [-0.39, 0.29) is 25.4 Å². The van der Waals surface area contributed by atoms with E-state index in [1.54, 1.807) is 0 Å². The van der Waals surface area contributed by atoms with Crippen molar-refractivity contribution in [3.05, 3.63) is 35.4 Å². The van der Waals surface area contributed by atoms with E-state index < -0.39 is 36.1 Å². The predicted molar refractivity (Wildman–Crippen MR) is 80.0 cm³/mol. The first kappa shape index (κ1) is 18.8. The molecule has 25 heavy (non-hydrogen) atoms. The van der Waals surface area contributed by atoms with Crippen LogP contribution in [0, 0.1) is 5.92 Å². The van der Waals surface area contributed by atoms with Crippen LogP contribution in [0.1, 0.15) is 17.5 Å². The second-order valence-electron chi connectivity index (χ2n) is 5.65. The quantitative estimate of drug-likeness (QED) is 0.806. The number of benzene rings is 1. The summed E-state index contributed by atoms with van der Waals surface area (Å²) < 4.78 is 43.0. The third-order valence-corrected chi connectivity index (χ3v) is 3.80. The van der Waals surface area contributed by atoms with Crippen LogP contribution in [0.25, 0.3) is 0 Å². The van der Waals surface area contributed by atoms with Crippen LogP contribution in [0.5, 0.6) is 0 Å². The molecule has 0 saturated carbocycles. The number of esters is 1. The number of nitrogens with one attached hydrogen (secondary N) is 1. The van der Waals surface area contributed by atoms with Crippen molar-refractivity contribution in [1.82, 2.24) is 10.2 Å². The molecule has 1 heterocycles. The molecule has 1 atom stereocenters. The Labute approximate surface area is 141 Å². The Balaban J connectivity index is 1.97. The molecule has 0 radical (unpaired) electrons. The molecule has 1 aromatic rings. The highest BCUT2D eigenvalue weighted by atomic mass is 19.4. The molecule has 1 aliphatic heterocycles. The maximum absolute atomic E-state index is 12.7. The Kier molecular flexibility index (Phi) is 5.66. The molecule has 136 valence electrons. The fraction of sp³-hybridized carbons (Fsp3) is 0.438. The smallest absolute Gasteiger partial charge is 0.416 e. The predicted octanol–water partition coefficient (Wildman–Crippen LogP) is 1.34. The second-order valence-corrected chi connectivity index (χ2v) is 5.65. The lowest BCUT2D eigenvalue weighted by molar-refractivity contribution is -0.152. The number of rotatable bonds is 5. The normalized spacial score (nSPS) is 17.5. The zero-order valence-electron chi connectivity index (χ0n) is 13.4. The van der Waals surface area contributed by atoms with E-state index in [9.17, 15) is 27.6 Å². The summed E-state index contributed by atoms with van der Waals surface area (Å²) in [6, 6.07) is 4.69. The van der Waals surface area contributed by atoms with E-state index >= 15 is 0 Å². The molecule has 0 aliphatic carbocycles. The first-order chi connectivity index (χ1) is 11.7. The number of likely N-dealkylation sites (tertiary alicyclic amines) is 1. The molecule has 1 saturated heterocycles. The zero-order chi connectivity index (χ0) is 18.6. The largest absolute Gasteiger partial charge is 0.455 e. The number of likely N-dealkylation sites (N-methyl/N-ethyl adjacent to an activating group) is 1. The van der Waals surface area contributed by atoms with E-state index in [4.69, 9.17) is 4.74 Å². The van der Waals surface area contributed by atoms with Gasteiger partial charge in [-0.1, -0.05) is 12.1 Å². The van der Waals surface area contributed by atoms with Gasteiger partial charge >= 0.3 is 12.1 Å². The van der Waals surface area contributed by atoms with Gasteiger partial charge in [0.15, 0.2) is 6.61 Å². The molecule has 0 bridgehead atoms. The fourth-order valence-electron chi connectivity index (χ4n) is 2.48. The first-order valence-electron chi connectivity index (χ1n) is 7.52. The number of nitrogens with zero attached hydrogens (tertiary/aromatic N) is 1. The van der Waals surface area contributed by atoms with Crippen molar-refractivity contribution in [2.24, 2.45) is 5.92 Å². The summed E-state index contributed by atoms with van der Waals surface area (Å²) in [6.45, 7) is -0.419. The van der Waals surface area contributed by atoms with Gasteiger partial charge in [-0.25, -0.2) is 0 Å². The number of carbonyl (C=O) groups is 3. The van der Waals surface area contributed by atoms with Crippen LogP contribution in [0.15, 0.2) is 24.3 Å². The average Bonchev–Trinajstić information content (AvgIpc) is 2.92. The molecule has 0 aromatic heterocycles. The monoisotopic (exact) mass is 358 g/mol. The number of amides is 2. The van der Waals surface area contributed by atoms with E-state index in [0.29, 0.717) is 5.56 Å². The lowest BCUT2D eigenvalue weighted by Gasteiger charge is -2.17. The maximum Gasteiger partial charge on any atom is 0.416 e. The minimum Gasteiger partial charge on any atom is -0.455 e. The van der Waals surface area contributed by atoms with Crippen LogP contribution in [0.2, 0.25) is 0 Å². The fourth-order valence-corrected chi connectivity index (χ4v) is 2.48. The van der Waals surface area contributed by atoms with E-state index in [0.717, 1.165) is 12.1 Å². The minimum atomic E-state index is -4.46. The zero-order valence-corrected chi connectivity index (χ0v) is 13.4. The van der Waals surface area contributed by atoms with Crippen molar-refractivity contribution >= 4 is 17.8 Å². The number of carbonyl (C=O) groups excluding carboxylic acids is 3. The van der Waals surface area contributed by atoms with Crippen LogP contribution in [-0.2, 0) is 31.8 Å². The summed E-state index contributed by atoms with van der Waals surface area (Å²) >= 11 is 0. The van der Waals surface area contributed by atoms with Crippen LogP contribution in [0.4, 0.5) is 13.2 Å². The van der Waals surface area contributed by atoms with Crippen molar-refractivity contribution in [2.75, 3.05) is 20.2 Å². The van der Waals surface area contributed by atoms with Gasteiger partial charge in [-0.3, -0.25) is 14.4 Å². The standard InChI is InChI=1S/C16H17F3N2O4/c1-20-13(22)9-25-15(24)11-6-14(23)21(8-11)7-10-3-2-4-12(5-10)16(17,18)19/h2-5,11H,6-9H2,1H3,(H,20,22).